The van der Waals surface area contributed by atoms with Gasteiger partial charge in [-0.05, 0) is 92.4 Å². The zero-order valence-corrected chi connectivity index (χ0v) is 23.2. The molecule has 40 heavy (non-hydrogen) atoms. The number of nitrogens with zero attached hydrogens (tertiary/aromatic N) is 3. The predicted octanol–water partition coefficient (Wildman–Crippen LogP) is 9.71. The second-order valence-electron chi connectivity index (χ2n) is 10.8. The van der Waals surface area contributed by atoms with Gasteiger partial charge in [-0.15, -0.1) is 0 Å². The first kappa shape index (κ1) is 24.2. The normalized spacial score (nSPS) is 11.5. The van der Waals surface area contributed by atoms with E-state index in [1.165, 1.54) is 11.1 Å². The Morgan fingerprint density at radius 3 is 1.25 bits per heavy atom. The third-order valence-electron chi connectivity index (χ3n) is 7.89. The van der Waals surface area contributed by atoms with Crippen molar-refractivity contribution in [1.29, 1.82) is 0 Å². The summed E-state index contributed by atoms with van der Waals surface area (Å²) in [5.74, 6) is 0. The van der Waals surface area contributed by atoms with E-state index in [9.17, 15) is 0 Å². The van der Waals surface area contributed by atoms with E-state index in [1.807, 2.05) is 0 Å². The highest BCUT2D eigenvalue weighted by atomic mass is 14.7. The smallest absolute Gasteiger partial charge is 0.0739 e. The van der Waals surface area contributed by atoms with Crippen molar-refractivity contribution >= 4 is 65.4 Å². The summed E-state index contributed by atoms with van der Waals surface area (Å²) in [4.78, 5) is 15.5. The number of pyridine rings is 3. The molecule has 0 atom stereocenters. The molecule has 0 fully saturated rings. The Hall–Kier alpha value is -4.89. The van der Waals surface area contributed by atoms with Crippen molar-refractivity contribution in [2.24, 2.45) is 0 Å². The fourth-order valence-electron chi connectivity index (χ4n) is 5.88. The Morgan fingerprint density at radius 2 is 0.750 bits per heavy atom. The molecule has 4 aromatic heterocycles. The van der Waals surface area contributed by atoms with Gasteiger partial charge < -0.3 is 0 Å². The van der Waals surface area contributed by atoms with Crippen LogP contribution in [0.1, 0.15) is 22.3 Å². The van der Waals surface area contributed by atoms with Crippen LogP contribution in [-0.4, -0.2) is 15.0 Å². The fraction of sp³-hybridized carbons (Fsp3) is 0.108. The van der Waals surface area contributed by atoms with Gasteiger partial charge in [0.1, 0.15) is 0 Å². The van der Waals surface area contributed by atoms with Crippen LogP contribution in [0.25, 0.3) is 65.4 Å². The van der Waals surface area contributed by atoms with Gasteiger partial charge in [0.05, 0.1) is 33.1 Å². The van der Waals surface area contributed by atoms with E-state index in [-0.39, 0.29) is 0 Å². The van der Waals surface area contributed by atoms with Gasteiger partial charge in [0.15, 0.2) is 0 Å². The van der Waals surface area contributed by atoms with Crippen molar-refractivity contribution in [3.63, 3.8) is 0 Å². The first-order chi connectivity index (χ1) is 19.4. The zero-order valence-electron chi connectivity index (χ0n) is 23.2. The summed E-state index contributed by atoms with van der Waals surface area (Å²) in [6.45, 7) is 8.60. The summed E-state index contributed by atoms with van der Waals surface area (Å²) in [7, 11) is 0. The molecule has 0 aliphatic carbocycles. The van der Waals surface area contributed by atoms with Gasteiger partial charge in [-0.25, -0.2) is 15.0 Å². The van der Waals surface area contributed by atoms with E-state index in [0.29, 0.717) is 0 Å². The summed E-state index contributed by atoms with van der Waals surface area (Å²) in [6.07, 6.45) is 0. The highest BCUT2D eigenvalue weighted by Crippen LogP contribution is 2.27. The van der Waals surface area contributed by atoms with Crippen LogP contribution in [-0.2, 0) is 0 Å². The summed E-state index contributed by atoms with van der Waals surface area (Å²) < 4.78 is 0. The maximum atomic E-state index is 5.25. The number of hydrogen-bond acceptors (Lipinski definition) is 3. The number of aromatic nitrogens is 3. The Bertz CT molecular complexity index is 1950. The molecule has 0 aliphatic heterocycles. The molecule has 3 aromatic carbocycles. The molecule has 0 radical (unpaired) electrons. The molecule has 7 rings (SSSR count). The largest absolute Gasteiger partial charge is 0.248 e. The second kappa shape index (κ2) is 9.39. The summed E-state index contributed by atoms with van der Waals surface area (Å²) in [5.41, 5.74) is 10.5. The third kappa shape index (κ3) is 4.11. The van der Waals surface area contributed by atoms with Crippen molar-refractivity contribution in [3.8, 4) is 0 Å². The molecule has 0 spiro atoms. The zero-order chi connectivity index (χ0) is 27.4. The van der Waals surface area contributed by atoms with Crippen LogP contribution in [0.2, 0.25) is 0 Å². The first-order valence-corrected chi connectivity index (χ1v) is 13.7. The third-order valence-corrected chi connectivity index (χ3v) is 7.89. The predicted molar refractivity (Wildman–Crippen MR) is 170 cm³/mol. The van der Waals surface area contributed by atoms with E-state index in [0.717, 1.165) is 76.5 Å². The molecule has 0 saturated carbocycles. The second-order valence-corrected chi connectivity index (χ2v) is 10.8. The molecular formula is C37H29N3. The van der Waals surface area contributed by atoms with Crippen molar-refractivity contribution in [3.05, 3.63) is 125 Å². The maximum Gasteiger partial charge on any atom is 0.0739 e. The van der Waals surface area contributed by atoms with Gasteiger partial charge in [0.2, 0.25) is 0 Å². The van der Waals surface area contributed by atoms with Gasteiger partial charge in [-0.2, -0.15) is 0 Å². The molecule has 192 valence electrons. The van der Waals surface area contributed by atoms with E-state index in [4.69, 9.17) is 15.0 Å². The van der Waals surface area contributed by atoms with Crippen molar-refractivity contribution in [2.45, 2.75) is 27.7 Å². The quantitative estimate of drug-likeness (QED) is 0.202. The van der Waals surface area contributed by atoms with Gasteiger partial charge in [-0.1, -0.05) is 60.7 Å². The SMILES string of the molecule is Cc1cc(C)c2cc1c1cccc(n1)c1cccc(c1)c1nc(c(C)cc1C)c1cccc(c1)c1cccc2n1. The van der Waals surface area contributed by atoms with E-state index in [2.05, 4.69) is 131 Å². The molecule has 12 bridgehead atoms. The highest BCUT2D eigenvalue weighted by molar-refractivity contribution is 5.98. The van der Waals surface area contributed by atoms with Crippen LogP contribution < -0.4 is 0 Å². The molecule has 0 saturated heterocycles. The Morgan fingerprint density at radius 1 is 0.350 bits per heavy atom. The Balaban J connectivity index is 1.77. The first-order valence-electron chi connectivity index (χ1n) is 13.7. The molecule has 0 aliphatic rings. The Kier molecular flexibility index (Phi) is 5.67. The molecule has 0 amide bonds. The van der Waals surface area contributed by atoms with E-state index in [1.54, 1.807) is 0 Å². The lowest BCUT2D eigenvalue weighted by Gasteiger charge is -2.07. The number of aryl methyl sites for hydroxylation is 4. The fourth-order valence-corrected chi connectivity index (χ4v) is 5.88. The van der Waals surface area contributed by atoms with Gasteiger partial charge in [-0.3, -0.25) is 0 Å². The molecule has 3 nitrogen and oxygen atoms in total. The lowest BCUT2D eigenvalue weighted by atomic mass is 10.0. The molecule has 3 heteroatoms. The lowest BCUT2D eigenvalue weighted by molar-refractivity contribution is 1.35. The van der Waals surface area contributed by atoms with Crippen LogP contribution in [0.15, 0.2) is 103 Å². The van der Waals surface area contributed by atoms with Crippen molar-refractivity contribution < 1.29 is 0 Å². The minimum atomic E-state index is 0.944. The number of hydrogen-bond donors (Lipinski definition) is 0. The van der Waals surface area contributed by atoms with Crippen LogP contribution in [0.4, 0.5) is 0 Å². The molecule has 4 heterocycles. The number of rotatable bonds is 0. The van der Waals surface area contributed by atoms with Gasteiger partial charge >= 0.3 is 0 Å². The summed E-state index contributed by atoms with van der Waals surface area (Å²) >= 11 is 0. The van der Waals surface area contributed by atoms with E-state index >= 15 is 0 Å². The van der Waals surface area contributed by atoms with Crippen molar-refractivity contribution in [2.75, 3.05) is 0 Å². The Labute approximate surface area is 233 Å². The average molecular weight is 516 g/mol. The van der Waals surface area contributed by atoms with Crippen LogP contribution in [0, 0.1) is 27.7 Å². The van der Waals surface area contributed by atoms with Crippen LogP contribution in [0.5, 0.6) is 0 Å². The maximum absolute atomic E-state index is 5.25. The highest BCUT2D eigenvalue weighted by Gasteiger charge is 2.06. The van der Waals surface area contributed by atoms with Gasteiger partial charge in [0, 0.05) is 32.3 Å². The number of benzene rings is 3. The topological polar surface area (TPSA) is 38.7 Å². The summed E-state index contributed by atoms with van der Waals surface area (Å²) in [5, 5.41) is 6.56. The monoisotopic (exact) mass is 515 g/mol. The van der Waals surface area contributed by atoms with Gasteiger partial charge in [0.25, 0.3) is 0 Å². The van der Waals surface area contributed by atoms with Crippen LogP contribution >= 0.6 is 0 Å². The molecule has 0 N–H and O–H groups in total. The van der Waals surface area contributed by atoms with Crippen molar-refractivity contribution in [1.82, 2.24) is 15.0 Å². The lowest BCUT2D eigenvalue weighted by Crippen LogP contribution is -1.88. The standard InChI is InChI=1S/C37H29N3/c1-22-17-23(2)31-21-30(22)34-15-7-13-32(38-34)26-9-5-11-28(19-26)36-24(3)18-25(4)37(40-36)29-12-6-10-27(20-29)33-14-8-16-35(31)39-33/h5-21H,1-4H3. The molecular weight excluding hydrogens is 486 g/mol. The number of fused-ring (bicyclic) bond motifs is 18. The van der Waals surface area contributed by atoms with E-state index < -0.39 is 0 Å². The molecule has 7 aromatic rings. The summed E-state index contributed by atoms with van der Waals surface area (Å²) in [6, 6.07) is 36.5. The minimum absolute atomic E-state index is 0.944. The minimum Gasteiger partial charge on any atom is -0.248 e. The van der Waals surface area contributed by atoms with Crippen LogP contribution in [0.3, 0.4) is 0 Å². The molecule has 0 unspecified atom stereocenters. The average Bonchev–Trinajstić information content (AvgIpc) is 2.97.